The number of ether oxygens (including phenoxy) is 2. The van der Waals surface area contributed by atoms with Crippen molar-refractivity contribution in [1.29, 1.82) is 0 Å². The lowest BCUT2D eigenvalue weighted by molar-refractivity contribution is -0.146. The molecule has 0 bridgehead atoms. The minimum absolute atomic E-state index is 0.0584. The van der Waals surface area contributed by atoms with Crippen molar-refractivity contribution in [3.63, 3.8) is 0 Å². The summed E-state index contributed by atoms with van der Waals surface area (Å²) in [7, 11) is 1.72. The first-order chi connectivity index (χ1) is 33.2. The molecule has 8 atom stereocenters. The first-order valence-corrected chi connectivity index (χ1v) is 25.3. The fourth-order valence-corrected chi connectivity index (χ4v) is 8.95. The summed E-state index contributed by atoms with van der Waals surface area (Å²) in [6.07, 6.45) is 1.77. The Hall–Kier alpha value is -5.44. The fraction of sp³-hybridized carbons (Fsp3) is 0.571. The number of rotatable bonds is 23. The molecule has 14 nitrogen and oxygen atoms in total. The highest BCUT2D eigenvalue weighted by atomic mass is 16.5. The molecule has 2 fully saturated rings. The molecule has 0 spiro atoms. The van der Waals surface area contributed by atoms with Gasteiger partial charge < -0.3 is 40.5 Å². The van der Waals surface area contributed by atoms with Gasteiger partial charge in [-0.3, -0.25) is 28.8 Å². The molecular weight excluding hydrogens is 885 g/mol. The predicted molar refractivity (Wildman–Crippen MR) is 272 cm³/mol. The number of amides is 5. The third-order valence-electron chi connectivity index (χ3n) is 13.9. The van der Waals surface area contributed by atoms with Crippen LogP contribution in [0.15, 0.2) is 84.9 Å². The largest absolute Gasteiger partial charge is 0.372 e. The summed E-state index contributed by atoms with van der Waals surface area (Å²) in [5.74, 6) is -2.19. The Balaban J connectivity index is 1.23. The highest BCUT2D eigenvalue weighted by Gasteiger charge is 2.47. The summed E-state index contributed by atoms with van der Waals surface area (Å²) < 4.78 is 12.9. The van der Waals surface area contributed by atoms with Gasteiger partial charge in [-0.2, -0.15) is 0 Å². The molecule has 3 aromatic carbocycles. The second-order valence-electron chi connectivity index (χ2n) is 21.4. The summed E-state index contributed by atoms with van der Waals surface area (Å²) in [5, 5.41) is 12.1. The van der Waals surface area contributed by atoms with Gasteiger partial charge in [-0.1, -0.05) is 140 Å². The molecule has 2 aliphatic rings. The highest BCUT2D eigenvalue weighted by Crippen LogP contribution is 2.35. The van der Waals surface area contributed by atoms with E-state index in [-0.39, 0.29) is 74.0 Å². The van der Waals surface area contributed by atoms with Gasteiger partial charge in [0.25, 0.3) is 0 Å². The standard InChI is InChI=1S/C56H80N6O8/c1-11-37(2)50(64)60-49(56(7,8)9)54(68)62-34-44(31-47(62)52(66)59-29-27-40-20-16-13-17-21-40)70-36-42-24-22-41(23-25-42)35-69-43-30-46(51(65)58-28-26-39-18-14-12-15-19-39)61(33-43)53(67)45(55(4,5)6)32-48(63)38(3)57-10/h12-25,37-38,43-47,49,57H,11,26-36H2,1-10H3,(H,58,65)(H,59,66)(H,60,64)/t37-,38+,43+,44+,45-,46+,47+,49-/m1/s1. The summed E-state index contributed by atoms with van der Waals surface area (Å²) in [4.78, 5) is 86.0. The summed E-state index contributed by atoms with van der Waals surface area (Å²) in [6.45, 7) is 18.9. The van der Waals surface area contributed by atoms with Crippen LogP contribution in [-0.2, 0) is 64.3 Å². The van der Waals surface area contributed by atoms with Crippen molar-refractivity contribution < 1.29 is 38.2 Å². The van der Waals surface area contributed by atoms with Gasteiger partial charge in [0.2, 0.25) is 29.5 Å². The lowest BCUT2D eigenvalue weighted by Gasteiger charge is -2.35. The Morgan fingerprint density at radius 3 is 1.47 bits per heavy atom. The number of likely N-dealkylation sites (tertiary alicyclic amines) is 2. The van der Waals surface area contributed by atoms with E-state index in [4.69, 9.17) is 9.47 Å². The van der Waals surface area contributed by atoms with Crippen LogP contribution in [0.2, 0.25) is 0 Å². The van der Waals surface area contributed by atoms with Gasteiger partial charge in [0.1, 0.15) is 23.9 Å². The second kappa shape index (κ2) is 25.6. The molecule has 5 amide bonds. The van der Waals surface area contributed by atoms with Crippen molar-refractivity contribution in [2.45, 2.75) is 150 Å². The SMILES string of the molecule is CC[C@@H](C)C(=O)N[C@H](C(=O)N1C[C@@H](OCc2ccc(CO[C@H]3C[C@@H](C(=O)NCCc4ccccc4)N(C(=O)[C@@H](CC(=O)[C@H](C)NC)C(C)(C)C)C3)cc2)C[C@H]1C(=O)NCCc1ccccc1)C(C)(C)C. The second-order valence-corrected chi connectivity index (χ2v) is 21.4. The number of hydrogen-bond donors (Lipinski definition) is 4. The Bertz CT molecular complexity index is 2040. The van der Waals surface area contributed by atoms with Crippen LogP contribution in [0.25, 0.3) is 0 Å². The third-order valence-corrected chi connectivity index (χ3v) is 13.9. The number of Topliss-reactive ketones (excluding diaryl/α,β-unsaturated/α-hetero) is 1. The number of hydrogen-bond acceptors (Lipinski definition) is 9. The minimum atomic E-state index is -0.841. The van der Waals surface area contributed by atoms with Crippen molar-refractivity contribution in [2.24, 2.45) is 22.7 Å². The first-order valence-electron chi connectivity index (χ1n) is 25.3. The van der Waals surface area contributed by atoms with E-state index in [1.807, 2.05) is 140 Å². The Morgan fingerprint density at radius 2 is 1.07 bits per heavy atom. The van der Waals surface area contributed by atoms with Crippen LogP contribution in [-0.4, -0.2) is 115 Å². The number of nitrogens with one attached hydrogen (secondary N) is 4. The molecule has 0 aliphatic carbocycles. The molecule has 14 heteroatoms. The van der Waals surface area contributed by atoms with E-state index >= 15 is 0 Å². The molecule has 2 aliphatic heterocycles. The van der Waals surface area contributed by atoms with Gasteiger partial charge in [-0.05, 0) is 66.3 Å². The minimum Gasteiger partial charge on any atom is -0.372 e. The highest BCUT2D eigenvalue weighted by molar-refractivity contribution is 5.94. The maximum absolute atomic E-state index is 14.4. The van der Waals surface area contributed by atoms with Gasteiger partial charge in [-0.25, -0.2) is 0 Å². The normalized spacial score (nSPS) is 20.0. The molecule has 2 saturated heterocycles. The molecule has 0 saturated carbocycles. The molecule has 3 aromatic rings. The fourth-order valence-electron chi connectivity index (χ4n) is 8.95. The van der Waals surface area contributed by atoms with Crippen LogP contribution in [0.1, 0.15) is 110 Å². The van der Waals surface area contributed by atoms with E-state index in [0.717, 1.165) is 22.3 Å². The van der Waals surface area contributed by atoms with Gasteiger partial charge in [-0.15, -0.1) is 0 Å². The molecule has 70 heavy (non-hydrogen) atoms. The molecule has 5 rings (SSSR count). The average molecular weight is 965 g/mol. The van der Waals surface area contributed by atoms with Gasteiger partial charge in [0.15, 0.2) is 0 Å². The number of ketones is 1. The van der Waals surface area contributed by atoms with E-state index in [2.05, 4.69) is 21.3 Å². The van der Waals surface area contributed by atoms with Crippen LogP contribution in [0.5, 0.6) is 0 Å². The molecule has 4 N–H and O–H groups in total. The zero-order chi connectivity index (χ0) is 51.2. The smallest absolute Gasteiger partial charge is 0.246 e. The van der Waals surface area contributed by atoms with Gasteiger partial charge in [0.05, 0.1) is 31.5 Å². The zero-order valence-corrected chi connectivity index (χ0v) is 43.3. The van der Waals surface area contributed by atoms with Crippen LogP contribution in [0.3, 0.4) is 0 Å². The van der Waals surface area contributed by atoms with E-state index in [1.54, 1.807) is 23.8 Å². The quantitative estimate of drug-likeness (QED) is 0.0865. The number of nitrogens with zero attached hydrogens (tertiary/aromatic N) is 2. The summed E-state index contributed by atoms with van der Waals surface area (Å²) >= 11 is 0. The molecule has 382 valence electrons. The van der Waals surface area contributed by atoms with E-state index < -0.39 is 53.1 Å². The third kappa shape index (κ3) is 15.8. The number of carbonyl (C=O) groups is 6. The van der Waals surface area contributed by atoms with Crippen LogP contribution >= 0.6 is 0 Å². The molecule has 0 aromatic heterocycles. The van der Waals surface area contributed by atoms with Crippen LogP contribution in [0, 0.1) is 22.7 Å². The van der Waals surface area contributed by atoms with E-state index in [9.17, 15) is 28.8 Å². The maximum atomic E-state index is 14.4. The van der Waals surface area contributed by atoms with Crippen LogP contribution in [0.4, 0.5) is 0 Å². The van der Waals surface area contributed by atoms with E-state index in [1.165, 1.54) is 0 Å². The zero-order valence-electron chi connectivity index (χ0n) is 43.3. The number of benzene rings is 3. The average Bonchev–Trinajstić information content (AvgIpc) is 3.98. The van der Waals surface area contributed by atoms with Gasteiger partial charge in [0, 0.05) is 57.3 Å². The Labute approximate surface area is 416 Å². The first kappa shape index (κ1) is 55.5. The van der Waals surface area contributed by atoms with Crippen molar-refractivity contribution in [2.75, 3.05) is 33.2 Å². The van der Waals surface area contributed by atoms with Gasteiger partial charge >= 0.3 is 0 Å². The molecule has 2 heterocycles. The van der Waals surface area contributed by atoms with E-state index in [0.29, 0.717) is 45.2 Å². The lowest BCUT2D eigenvalue weighted by atomic mass is 9.76. The molecular formula is C56H80N6O8. The lowest BCUT2D eigenvalue weighted by Crippen LogP contribution is -2.58. The summed E-state index contributed by atoms with van der Waals surface area (Å²) in [5.41, 5.74) is 2.83. The molecule has 0 unspecified atom stereocenters. The van der Waals surface area contributed by atoms with Crippen LogP contribution < -0.4 is 21.3 Å². The molecule has 0 radical (unpaired) electrons. The number of carbonyl (C=O) groups excluding carboxylic acids is 6. The number of likely N-dealkylation sites (N-methyl/N-ethyl adjacent to an activating group) is 1. The summed E-state index contributed by atoms with van der Waals surface area (Å²) in [6, 6.07) is 24.8. The Kier molecular flexibility index (Phi) is 20.3. The maximum Gasteiger partial charge on any atom is 0.246 e. The van der Waals surface area contributed by atoms with Crippen molar-refractivity contribution in [3.05, 3.63) is 107 Å². The Morgan fingerprint density at radius 1 is 0.629 bits per heavy atom. The predicted octanol–water partition coefficient (Wildman–Crippen LogP) is 6.18. The monoisotopic (exact) mass is 965 g/mol. The topological polar surface area (TPSA) is 175 Å². The van der Waals surface area contributed by atoms with Crippen molar-refractivity contribution in [3.8, 4) is 0 Å². The van der Waals surface area contributed by atoms with Crippen molar-refractivity contribution >= 4 is 35.3 Å². The van der Waals surface area contributed by atoms with Crippen molar-refractivity contribution in [1.82, 2.24) is 31.1 Å².